The molecule has 1 aromatic rings. The maximum absolute atomic E-state index is 13.1. The molecule has 1 saturated carbocycles. The largest absolute Gasteiger partial charge is 0.312 e. The van der Waals surface area contributed by atoms with Gasteiger partial charge in [-0.3, -0.25) is 0 Å². The summed E-state index contributed by atoms with van der Waals surface area (Å²) < 4.78 is 13.1. The average molecular weight is 205 g/mol. The predicted octanol–water partition coefficient (Wildman–Crippen LogP) is 2.74. The van der Waals surface area contributed by atoms with Gasteiger partial charge in [0.1, 0.15) is 5.82 Å². The highest BCUT2D eigenvalue weighted by molar-refractivity contribution is 5.38. The van der Waals surface area contributed by atoms with Gasteiger partial charge < -0.3 is 5.32 Å². The van der Waals surface area contributed by atoms with Crippen LogP contribution < -0.4 is 5.32 Å². The molecule has 1 heterocycles. The van der Waals surface area contributed by atoms with E-state index in [1.165, 1.54) is 36.8 Å². The molecule has 80 valence electrons. The van der Waals surface area contributed by atoms with Gasteiger partial charge in [-0.1, -0.05) is 18.9 Å². The molecule has 0 radical (unpaired) electrons. The molecule has 1 aliphatic heterocycles. The van der Waals surface area contributed by atoms with E-state index in [0.29, 0.717) is 5.41 Å². The van der Waals surface area contributed by atoms with Gasteiger partial charge in [-0.25, -0.2) is 4.39 Å². The highest BCUT2D eigenvalue weighted by Crippen LogP contribution is 2.43. The molecule has 1 aromatic carbocycles. The maximum Gasteiger partial charge on any atom is 0.123 e. The monoisotopic (exact) mass is 205 g/mol. The molecule has 0 aromatic heterocycles. The fourth-order valence-corrected chi connectivity index (χ4v) is 3.26. The summed E-state index contributed by atoms with van der Waals surface area (Å²) in [6.07, 6.45) is 5.16. The Morgan fingerprint density at radius 3 is 2.80 bits per heavy atom. The Hall–Kier alpha value is -0.890. The molecule has 0 amide bonds. The topological polar surface area (TPSA) is 12.0 Å². The van der Waals surface area contributed by atoms with Gasteiger partial charge in [-0.15, -0.1) is 0 Å². The normalized spacial score (nSPS) is 23.0. The van der Waals surface area contributed by atoms with E-state index in [1.54, 1.807) is 12.1 Å². The first-order valence-corrected chi connectivity index (χ1v) is 5.80. The second-order valence-corrected chi connectivity index (χ2v) is 4.89. The number of benzene rings is 1. The van der Waals surface area contributed by atoms with Crippen LogP contribution in [0.2, 0.25) is 0 Å². The Balaban J connectivity index is 2.10. The summed E-state index contributed by atoms with van der Waals surface area (Å²) in [4.78, 5) is 0. The second-order valence-electron chi connectivity index (χ2n) is 4.89. The standard InChI is InChI=1S/C13H16FN/c14-11-3-4-12-10(7-11)8-15-9-13(12)5-1-2-6-13/h3-4,7,15H,1-2,5-6,8-9H2. The van der Waals surface area contributed by atoms with Crippen LogP contribution in [0.25, 0.3) is 0 Å². The summed E-state index contributed by atoms with van der Waals surface area (Å²) in [7, 11) is 0. The molecule has 15 heavy (non-hydrogen) atoms. The van der Waals surface area contributed by atoms with Crippen LogP contribution >= 0.6 is 0 Å². The minimum Gasteiger partial charge on any atom is -0.312 e. The number of hydrogen-bond donors (Lipinski definition) is 1. The molecule has 1 fully saturated rings. The van der Waals surface area contributed by atoms with E-state index < -0.39 is 0 Å². The lowest BCUT2D eigenvalue weighted by molar-refractivity contribution is 0.375. The third-order valence-corrected chi connectivity index (χ3v) is 3.98. The van der Waals surface area contributed by atoms with E-state index in [9.17, 15) is 4.39 Å². The SMILES string of the molecule is Fc1ccc2c(c1)CNCC21CCCC1. The molecular formula is C13H16FN. The number of hydrogen-bond acceptors (Lipinski definition) is 1. The summed E-state index contributed by atoms with van der Waals surface area (Å²) in [6.45, 7) is 1.90. The van der Waals surface area contributed by atoms with Crippen molar-refractivity contribution in [1.29, 1.82) is 0 Å². The molecular weight excluding hydrogens is 189 g/mol. The summed E-state index contributed by atoms with van der Waals surface area (Å²) in [5.41, 5.74) is 2.89. The van der Waals surface area contributed by atoms with Gasteiger partial charge in [0.25, 0.3) is 0 Å². The second kappa shape index (κ2) is 3.31. The molecule has 0 bridgehead atoms. The molecule has 1 aliphatic carbocycles. The van der Waals surface area contributed by atoms with Gasteiger partial charge in [0.05, 0.1) is 0 Å². The van der Waals surface area contributed by atoms with Crippen LogP contribution in [0.1, 0.15) is 36.8 Å². The van der Waals surface area contributed by atoms with E-state index in [1.807, 2.05) is 6.07 Å². The van der Waals surface area contributed by atoms with Crippen LogP contribution in [-0.2, 0) is 12.0 Å². The van der Waals surface area contributed by atoms with E-state index in [0.717, 1.165) is 13.1 Å². The number of fused-ring (bicyclic) bond motifs is 2. The Bertz CT molecular complexity index is 380. The summed E-state index contributed by atoms with van der Waals surface area (Å²) in [6, 6.07) is 5.32. The zero-order valence-electron chi connectivity index (χ0n) is 8.85. The molecule has 2 heteroatoms. The molecule has 1 N–H and O–H groups in total. The van der Waals surface area contributed by atoms with Gasteiger partial charge in [0.15, 0.2) is 0 Å². The smallest absolute Gasteiger partial charge is 0.123 e. The Kier molecular flexibility index (Phi) is 2.06. The van der Waals surface area contributed by atoms with Crippen molar-refractivity contribution in [2.45, 2.75) is 37.6 Å². The lowest BCUT2D eigenvalue weighted by Crippen LogP contribution is -2.41. The number of nitrogens with one attached hydrogen (secondary N) is 1. The quantitative estimate of drug-likeness (QED) is 0.686. The molecule has 3 rings (SSSR count). The Morgan fingerprint density at radius 2 is 2.00 bits per heavy atom. The Morgan fingerprint density at radius 1 is 1.20 bits per heavy atom. The minimum absolute atomic E-state index is 0.106. The van der Waals surface area contributed by atoms with Crippen LogP contribution in [-0.4, -0.2) is 6.54 Å². The van der Waals surface area contributed by atoms with E-state index >= 15 is 0 Å². The van der Waals surface area contributed by atoms with Gasteiger partial charge in [-0.05, 0) is 36.1 Å². The van der Waals surface area contributed by atoms with E-state index in [-0.39, 0.29) is 5.82 Å². The molecule has 2 aliphatic rings. The molecule has 0 unspecified atom stereocenters. The predicted molar refractivity (Wildman–Crippen MR) is 58.3 cm³/mol. The van der Waals surface area contributed by atoms with Crippen molar-refractivity contribution in [2.75, 3.05) is 6.54 Å². The average Bonchev–Trinajstić information content (AvgIpc) is 2.67. The molecule has 1 nitrogen and oxygen atoms in total. The highest BCUT2D eigenvalue weighted by Gasteiger charge is 2.38. The fourth-order valence-electron chi connectivity index (χ4n) is 3.26. The van der Waals surface area contributed by atoms with Crippen molar-refractivity contribution in [3.8, 4) is 0 Å². The van der Waals surface area contributed by atoms with Crippen molar-refractivity contribution < 1.29 is 4.39 Å². The summed E-state index contributed by atoms with van der Waals surface area (Å²) in [5.74, 6) is -0.106. The van der Waals surface area contributed by atoms with Crippen molar-refractivity contribution in [1.82, 2.24) is 5.32 Å². The van der Waals surface area contributed by atoms with Gasteiger partial charge >= 0.3 is 0 Å². The lowest BCUT2D eigenvalue weighted by Gasteiger charge is -2.36. The number of halogens is 1. The fraction of sp³-hybridized carbons (Fsp3) is 0.538. The van der Waals surface area contributed by atoms with E-state index in [2.05, 4.69) is 5.32 Å². The zero-order valence-corrected chi connectivity index (χ0v) is 8.85. The van der Waals surface area contributed by atoms with Crippen molar-refractivity contribution >= 4 is 0 Å². The zero-order chi connectivity index (χ0) is 10.3. The van der Waals surface area contributed by atoms with Gasteiger partial charge in [-0.2, -0.15) is 0 Å². The van der Waals surface area contributed by atoms with Crippen LogP contribution in [0.15, 0.2) is 18.2 Å². The third-order valence-electron chi connectivity index (χ3n) is 3.98. The van der Waals surface area contributed by atoms with Crippen LogP contribution in [0.5, 0.6) is 0 Å². The van der Waals surface area contributed by atoms with Crippen molar-refractivity contribution in [3.05, 3.63) is 35.1 Å². The van der Waals surface area contributed by atoms with Crippen LogP contribution in [0.4, 0.5) is 4.39 Å². The lowest BCUT2D eigenvalue weighted by atomic mass is 9.74. The highest BCUT2D eigenvalue weighted by atomic mass is 19.1. The van der Waals surface area contributed by atoms with Gasteiger partial charge in [0.2, 0.25) is 0 Å². The van der Waals surface area contributed by atoms with Crippen LogP contribution in [0, 0.1) is 5.82 Å². The first-order valence-electron chi connectivity index (χ1n) is 5.80. The molecule has 0 atom stereocenters. The summed E-state index contributed by atoms with van der Waals surface area (Å²) >= 11 is 0. The van der Waals surface area contributed by atoms with Gasteiger partial charge in [0, 0.05) is 18.5 Å². The van der Waals surface area contributed by atoms with Crippen molar-refractivity contribution in [2.24, 2.45) is 0 Å². The third kappa shape index (κ3) is 1.39. The number of rotatable bonds is 0. The first-order chi connectivity index (χ1) is 7.30. The Labute approximate surface area is 89.7 Å². The molecule has 1 spiro atoms. The van der Waals surface area contributed by atoms with Crippen LogP contribution in [0.3, 0.4) is 0 Å². The van der Waals surface area contributed by atoms with E-state index in [4.69, 9.17) is 0 Å². The first kappa shape index (κ1) is 9.34. The summed E-state index contributed by atoms with van der Waals surface area (Å²) in [5, 5.41) is 3.43. The van der Waals surface area contributed by atoms with Crippen molar-refractivity contribution in [3.63, 3.8) is 0 Å². The molecule has 0 saturated heterocycles. The maximum atomic E-state index is 13.1. The minimum atomic E-state index is -0.106.